The molecule has 0 spiro atoms. The first-order chi connectivity index (χ1) is 8.25. The van der Waals surface area contributed by atoms with Crippen LogP contribution in [-0.4, -0.2) is 20.9 Å². The van der Waals surface area contributed by atoms with Gasteiger partial charge in [-0.25, -0.2) is 5.43 Å². The van der Waals surface area contributed by atoms with Crippen molar-refractivity contribution in [3.05, 3.63) is 16.0 Å². The van der Waals surface area contributed by atoms with Gasteiger partial charge in [-0.1, -0.05) is 12.8 Å². The summed E-state index contributed by atoms with van der Waals surface area (Å²) in [6.07, 6.45) is 6.99. The molecule has 17 heavy (non-hydrogen) atoms. The van der Waals surface area contributed by atoms with Crippen LogP contribution in [0.4, 0.5) is 5.95 Å². The maximum absolute atomic E-state index is 11.3. The van der Waals surface area contributed by atoms with Gasteiger partial charge >= 0.3 is 0 Å². The summed E-state index contributed by atoms with van der Waals surface area (Å²) < 4.78 is 0. The minimum atomic E-state index is -0.233. The Morgan fingerprint density at radius 1 is 1.18 bits per heavy atom. The summed E-state index contributed by atoms with van der Waals surface area (Å²) in [5.41, 5.74) is 4.04. The molecule has 0 saturated heterocycles. The molecule has 0 aliphatic heterocycles. The summed E-state index contributed by atoms with van der Waals surface area (Å²) in [6.45, 7) is 1.62. The van der Waals surface area contributed by atoms with Crippen LogP contribution in [0.1, 0.15) is 44.2 Å². The molecule has 1 saturated carbocycles. The highest BCUT2D eigenvalue weighted by molar-refractivity contribution is 5.85. The Bertz CT molecular complexity index is 455. The zero-order chi connectivity index (χ0) is 12.1. The lowest BCUT2D eigenvalue weighted by Gasteiger charge is -2.02. The van der Waals surface area contributed by atoms with Crippen LogP contribution in [0.25, 0.3) is 0 Å². The number of hydrogen-bond donors (Lipinski definition) is 2. The van der Waals surface area contributed by atoms with Crippen molar-refractivity contribution in [2.45, 2.75) is 45.4 Å². The van der Waals surface area contributed by atoms with Gasteiger partial charge in [-0.2, -0.15) is 5.10 Å². The third-order valence-electron chi connectivity index (χ3n) is 2.86. The molecule has 1 fully saturated rings. The quantitative estimate of drug-likeness (QED) is 0.602. The summed E-state index contributed by atoms with van der Waals surface area (Å²) in [6, 6.07) is 0. The van der Waals surface area contributed by atoms with E-state index in [1.807, 2.05) is 0 Å². The molecule has 0 unspecified atom stereocenters. The summed E-state index contributed by atoms with van der Waals surface area (Å²) in [7, 11) is 0. The number of hydrogen-bond acceptors (Lipinski definition) is 5. The molecule has 2 N–H and O–H groups in total. The van der Waals surface area contributed by atoms with Crippen LogP contribution in [0.2, 0.25) is 0 Å². The number of nitrogens with zero attached hydrogens (tertiary/aromatic N) is 3. The van der Waals surface area contributed by atoms with E-state index in [9.17, 15) is 4.79 Å². The second-order valence-corrected chi connectivity index (χ2v) is 4.29. The lowest BCUT2D eigenvalue weighted by atomic mass is 10.2. The normalized spacial score (nSPS) is 16.4. The number of rotatable bonds is 2. The average molecular weight is 235 g/mol. The monoisotopic (exact) mass is 235 g/mol. The number of nitrogens with one attached hydrogen (secondary N) is 2. The number of H-pyrrole nitrogens is 1. The Hall–Kier alpha value is -1.72. The van der Waals surface area contributed by atoms with Crippen molar-refractivity contribution < 1.29 is 0 Å². The first-order valence-corrected chi connectivity index (χ1v) is 6.01. The first kappa shape index (κ1) is 11.8. The largest absolute Gasteiger partial charge is 0.288 e. The van der Waals surface area contributed by atoms with Gasteiger partial charge < -0.3 is 0 Å². The van der Waals surface area contributed by atoms with E-state index in [1.54, 1.807) is 6.92 Å². The number of aryl methyl sites for hydroxylation is 1. The smallest absolute Gasteiger partial charge is 0.274 e. The molecule has 1 aromatic rings. The first-order valence-electron chi connectivity index (χ1n) is 6.01. The molecule has 1 aliphatic rings. The van der Waals surface area contributed by atoms with Crippen molar-refractivity contribution in [3.8, 4) is 0 Å². The average Bonchev–Trinajstić information content (AvgIpc) is 2.59. The SMILES string of the molecule is Cc1nnc(NN=C2CCCCCC2)[nH]c1=O. The van der Waals surface area contributed by atoms with Crippen LogP contribution in [0.5, 0.6) is 0 Å². The fraction of sp³-hybridized carbons (Fsp3) is 0.636. The Labute approximate surface area is 99.5 Å². The van der Waals surface area contributed by atoms with Crippen molar-refractivity contribution in [3.63, 3.8) is 0 Å². The zero-order valence-corrected chi connectivity index (χ0v) is 9.99. The summed E-state index contributed by atoms with van der Waals surface area (Å²) >= 11 is 0. The molecule has 0 radical (unpaired) electrons. The minimum Gasteiger partial charge on any atom is -0.288 e. The standard InChI is InChI=1S/C11H17N5O/c1-8-10(17)12-11(15-13-8)16-14-9-6-4-2-3-5-7-9/h2-7H2,1H3,(H2,12,15,16,17). The fourth-order valence-electron chi connectivity index (χ4n) is 1.82. The molecule has 0 bridgehead atoms. The molecule has 6 heteroatoms. The van der Waals surface area contributed by atoms with E-state index in [-0.39, 0.29) is 5.56 Å². The minimum absolute atomic E-state index is 0.233. The van der Waals surface area contributed by atoms with Crippen molar-refractivity contribution in [2.24, 2.45) is 5.10 Å². The molecule has 1 aromatic heterocycles. The van der Waals surface area contributed by atoms with E-state index >= 15 is 0 Å². The van der Waals surface area contributed by atoms with Crippen LogP contribution >= 0.6 is 0 Å². The molecule has 6 nitrogen and oxygen atoms in total. The molecule has 1 aliphatic carbocycles. The van der Waals surface area contributed by atoms with Gasteiger partial charge in [-0.05, 0) is 32.6 Å². The van der Waals surface area contributed by atoms with Crippen LogP contribution in [0.3, 0.4) is 0 Å². The van der Waals surface area contributed by atoms with Gasteiger partial charge in [0.2, 0.25) is 5.95 Å². The molecule has 92 valence electrons. The highest BCUT2D eigenvalue weighted by Gasteiger charge is 2.06. The predicted molar refractivity (Wildman–Crippen MR) is 66.1 cm³/mol. The zero-order valence-electron chi connectivity index (χ0n) is 9.99. The summed E-state index contributed by atoms with van der Waals surface area (Å²) in [4.78, 5) is 13.9. The molecule has 0 atom stereocenters. The number of aromatic amines is 1. The van der Waals surface area contributed by atoms with Crippen molar-refractivity contribution in [1.29, 1.82) is 0 Å². The predicted octanol–water partition coefficient (Wildman–Crippen LogP) is 1.60. The Morgan fingerprint density at radius 3 is 2.53 bits per heavy atom. The number of aromatic nitrogens is 3. The van der Waals surface area contributed by atoms with Gasteiger partial charge in [0, 0.05) is 5.71 Å². The van der Waals surface area contributed by atoms with Gasteiger partial charge in [0.1, 0.15) is 5.69 Å². The topological polar surface area (TPSA) is 83.0 Å². The number of hydrazone groups is 1. The molecule has 0 amide bonds. The van der Waals surface area contributed by atoms with E-state index in [2.05, 4.69) is 25.7 Å². The molecular weight excluding hydrogens is 218 g/mol. The highest BCUT2D eigenvalue weighted by Crippen LogP contribution is 2.14. The summed E-state index contributed by atoms with van der Waals surface area (Å²) in [5.74, 6) is 0.303. The molecule has 0 aromatic carbocycles. The van der Waals surface area contributed by atoms with E-state index in [1.165, 1.54) is 25.7 Å². The third kappa shape index (κ3) is 3.37. The van der Waals surface area contributed by atoms with Crippen molar-refractivity contribution in [2.75, 3.05) is 5.43 Å². The van der Waals surface area contributed by atoms with Gasteiger partial charge in [0.25, 0.3) is 5.56 Å². The lowest BCUT2D eigenvalue weighted by molar-refractivity contribution is 0.702. The lowest BCUT2D eigenvalue weighted by Crippen LogP contribution is -2.16. The Balaban J connectivity index is 2.02. The Morgan fingerprint density at radius 2 is 1.88 bits per heavy atom. The second-order valence-electron chi connectivity index (χ2n) is 4.29. The highest BCUT2D eigenvalue weighted by atomic mass is 16.1. The Kier molecular flexibility index (Phi) is 3.85. The van der Waals surface area contributed by atoms with Crippen molar-refractivity contribution >= 4 is 11.7 Å². The van der Waals surface area contributed by atoms with E-state index in [0.717, 1.165) is 18.6 Å². The van der Waals surface area contributed by atoms with Gasteiger partial charge in [0.15, 0.2) is 0 Å². The molecule has 1 heterocycles. The van der Waals surface area contributed by atoms with Gasteiger partial charge in [0.05, 0.1) is 0 Å². The van der Waals surface area contributed by atoms with Gasteiger partial charge in [-0.15, -0.1) is 10.2 Å². The second kappa shape index (κ2) is 5.56. The van der Waals surface area contributed by atoms with E-state index in [4.69, 9.17) is 0 Å². The maximum Gasteiger partial charge on any atom is 0.274 e. The van der Waals surface area contributed by atoms with Crippen LogP contribution < -0.4 is 11.0 Å². The summed E-state index contributed by atoms with van der Waals surface area (Å²) in [5, 5.41) is 11.8. The fourth-order valence-corrected chi connectivity index (χ4v) is 1.82. The third-order valence-corrected chi connectivity index (χ3v) is 2.86. The number of anilines is 1. The van der Waals surface area contributed by atoms with E-state index in [0.29, 0.717) is 11.6 Å². The van der Waals surface area contributed by atoms with Crippen LogP contribution in [0, 0.1) is 6.92 Å². The van der Waals surface area contributed by atoms with E-state index < -0.39 is 0 Å². The van der Waals surface area contributed by atoms with Crippen LogP contribution in [-0.2, 0) is 0 Å². The van der Waals surface area contributed by atoms with Crippen molar-refractivity contribution in [1.82, 2.24) is 15.2 Å². The molecular formula is C11H17N5O. The van der Waals surface area contributed by atoms with Crippen LogP contribution in [0.15, 0.2) is 9.90 Å². The molecule has 2 rings (SSSR count). The maximum atomic E-state index is 11.3. The van der Waals surface area contributed by atoms with Gasteiger partial charge in [-0.3, -0.25) is 9.78 Å².